The van der Waals surface area contributed by atoms with Crippen LogP contribution in [-0.2, 0) is 16.8 Å². The van der Waals surface area contributed by atoms with Gasteiger partial charge in [-0.1, -0.05) is 0 Å². The van der Waals surface area contributed by atoms with Crippen molar-refractivity contribution in [1.29, 1.82) is 0 Å². The van der Waals surface area contributed by atoms with Gasteiger partial charge in [0, 0.05) is 16.8 Å². The van der Waals surface area contributed by atoms with E-state index in [0.29, 0.717) is 0 Å². The van der Waals surface area contributed by atoms with E-state index < -0.39 is 0 Å². The maximum atomic E-state index is 0. The summed E-state index contributed by atoms with van der Waals surface area (Å²) < 4.78 is 0. The summed E-state index contributed by atoms with van der Waals surface area (Å²) in [4.78, 5) is 0. The van der Waals surface area contributed by atoms with Gasteiger partial charge in [0.05, 0.1) is 0 Å². The van der Waals surface area contributed by atoms with Crippen molar-refractivity contribution in [2.45, 2.75) is 0 Å². The normalized spacial score (nSPS) is 0. The Bertz CT molecular complexity index is 8.00. The number of hydrogen-bond acceptors (Lipinski definition) is 0. The van der Waals surface area contributed by atoms with Gasteiger partial charge in [-0.25, -0.2) is 0 Å². The Balaban J connectivity index is 0. The molecule has 0 fully saturated rings. The van der Waals surface area contributed by atoms with Gasteiger partial charge in [-0.3, -0.25) is 0 Å². The Morgan fingerprint density at radius 3 is 1.00 bits per heavy atom. The molecule has 33 valence electrons. The molecule has 0 aromatic heterocycles. The van der Waals surface area contributed by atoms with Crippen LogP contribution in [0.25, 0.3) is 0 Å². The fraction of sp³-hybridized carbons (Fsp3) is 0. The van der Waals surface area contributed by atoms with Crippen LogP contribution in [0.5, 0.6) is 0 Å². The summed E-state index contributed by atoms with van der Waals surface area (Å²) in [5.41, 5.74) is 0. The first kappa shape index (κ1) is 30.2. The van der Waals surface area contributed by atoms with E-state index in [1.54, 1.807) is 0 Å². The Kier molecular flexibility index (Phi) is 131. The molecule has 0 spiro atoms. The molecule has 0 unspecified atom stereocenters. The van der Waals surface area contributed by atoms with E-state index in [2.05, 4.69) is 0 Å². The summed E-state index contributed by atoms with van der Waals surface area (Å²) in [5, 5.41) is 0. The van der Waals surface area contributed by atoms with Gasteiger partial charge in [0.1, 0.15) is 0 Å². The van der Waals surface area contributed by atoms with Crippen LogP contribution >= 0.6 is 0 Å². The average Bonchev–Trinajstić information content (AvgIpc) is 0. The monoisotopic (exact) mass is 393 g/mol. The first-order valence-corrected chi connectivity index (χ1v) is 0. The van der Waals surface area contributed by atoms with Gasteiger partial charge >= 0.3 is 65.7 Å². The molecule has 1 radical (unpaired) electrons. The summed E-state index contributed by atoms with van der Waals surface area (Å²) >= 11 is 0. The molecule has 4 heteroatoms. The van der Waals surface area contributed by atoms with Crippen molar-refractivity contribution in [3.05, 3.63) is 0 Å². The van der Waals surface area contributed by atoms with E-state index in [4.69, 9.17) is 0 Å². The molecule has 0 aliphatic heterocycles. The molecule has 0 rings (SSSR count). The molecule has 0 aliphatic carbocycles. The van der Waals surface area contributed by atoms with Crippen molar-refractivity contribution in [2.24, 2.45) is 0 Å². The Morgan fingerprint density at radius 2 is 1.00 bits per heavy atom. The summed E-state index contributed by atoms with van der Waals surface area (Å²) in [7, 11) is 0. The van der Waals surface area contributed by atoms with Crippen molar-refractivity contribution in [2.75, 3.05) is 0 Å². The molecule has 0 heterocycles. The van der Waals surface area contributed by atoms with Crippen LogP contribution in [0.2, 0.25) is 0 Å². The van der Waals surface area contributed by atoms with E-state index in [1.807, 2.05) is 0 Å². The summed E-state index contributed by atoms with van der Waals surface area (Å²) in [6.45, 7) is 0. The van der Waals surface area contributed by atoms with E-state index in [0.717, 1.165) is 0 Å². The fourth-order valence-corrected chi connectivity index (χ4v) is 0. The second kappa shape index (κ2) is 17.4. The van der Waals surface area contributed by atoms with E-state index in [1.165, 1.54) is 0 Å². The minimum atomic E-state index is 0. The molecule has 0 bridgehead atoms. The van der Waals surface area contributed by atoms with Gasteiger partial charge in [0.25, 0.3) is 0 Å². The Labute approximate surface area is 81.2 Å². The first-order valence-electron chi connectivity index (χ1n) is 0. The second-order valence-electron chi connectivity index (χ2n) is 0. The van der Waals surface area contributed by atoms with Crippen molar-refractivity contribution < 1.29 is 16.8 Å². The molecular weight excluding hydrogens is 381 g/mol. The standard InChI is InChI=1S/Co.GeH4.Sb.H2Te.3H/h;1H4;;1H2;;;. The van der Waals surface area contributed by atoms with Crippen LogP contribution in [0.3, 0.4) is 0 Å². The van der Waals surface area contributed by atoms with Crippen molar-refractivity contribution in [3.8, 4) is 0 Å². The van der Waals surface area contributed by atoms with Crippen molar-refractivity contribution in [3.63, 3.8) is 0 Å². The van der Waals surface area contributed by atoms with Gasteiger partial charge in [0.2, 0.25) is 0 Å². The van der Waals surface area contributed by atoms with Crippen molar-refractivity contribution in [1.82, 2.24) is 0 Å². The van der Waals surface area contributed by atoms with Gasteiger partial charge in [-0.15, -0.1) is 0 Å². The van der Waals surface area contributed by atoms with Crippen LogP contribution < -0.4 is 0 Å². The molecule has 0 aromatic rings. The van der Waals surface area contributed by atoms with Crippen molar-refractivity contribution >= 4 is 65.7 Å². The zero-order valence-corrected chi connectivity index (χ0v) is 9.47. The first-order chi connectivity index (χ1) is 0. The van der Waals surface area contributed by atoms with Crippen LogP contribution in [0.15, 0.2) is 0 Å². The third-order valence-corrected chi connectivity index (χ3v) is 0. The van der Waals surface area contributed by atoms with Crippen LogP contribution in [0.4, 0.5) is 0 Å². The molecule has 4 heavy (non-hydrogen) atoms. The number of hydrogen-bond donors (Lipinski definition) is 0. The SMILES string of the molecule is [Co].[GeH4].[SbH3].[TeH2]. The quantitative estimate of drug-likeness (QED) is 0.376. The van der Waals surface area contributed by atoms with E-state index >= 15 is 0 Å². The van der Waals surface area contributed by atoms with E-state index in [-0.39, 0.29) is 82.5 Å². The summed E-state index contributed by atoms with van der Waals surface area (Å²) in [6, 6.07) is 0. The third-order valence-electron chi connectivity index (χ3n) is 0. The summed E-state index contributed by atoms with van der Waals surface area (Å²) in [6.07, 6.45) is 0. The average molecular weight is 390 g/mol. The predicted molar refractivity (Wildman–Crippen MR) is 29.8 cm³/mol. The second-order valence-corrected chi connectivity index (χ2v) is 0. The van der Waals surface area contributed by atoms with E-state index in [9.17, 15) is 0 Å². The Hall–Kier alpha value is 2.66. The van der Waals surface area contributed by atoms with Crippen LogP contribution in [0, 0.1) is 0 Å². The molecule has 0 saturated carbocycles. The zero-order chi connectivity index (χ0) is 0. The van der Waals surface area contributed by atoms with Gasteiger partial charge in [0.15, 0.2) is 0 Å². The molecule has 0 atom stereocenters. The van der Waals surface area contributed by atoms with Crippen LogP contribution in [-0.4, -0.2) is 65.7 Å². The molecule has 0 nitrogen and oxygen atoms in total. The minimum absolute atomic E-state index is 0. The predicted octanol–water partition coefficient (Wildman–Crippen LogP) is -3.55. The third kappa shape index (κ3) is 8.82. The number of rotatable bonds is 0. The molecule has 0 aromatic carbocycles. The molecule has 0 aliphatic rings. The summed E-state index contributed by atoms with van der Waals surface area (Å²) in [5.74, 6) is 0. The van der Waals surface area contributed by atoms with Gasteiger partial charge in [-0.05, 0) is 0 Å². The molecule has 0 amide bonds. The molecular formula is H9CoGeSbTe. The molecule has 0 saturated heterocycles. The Morgan fingerprint density at radius 1 is 1.00 bits per heavy atom. The maximum absolute atomic E-state index is 0. The van der Waals surface area contributed by atoms with Gasteiger partial charge < -0.3 is 0 Å². The zero-order valence-electron chi connectivity index (χ0n) is 1.54. The van der Waals surface area contributed by atoms with Crippen LogP contribution in [0.1, 0.15) is 0 Å². The fourth-order valence-electron chi connectivity index (χ4n) is 0. The molecule has 0 N–H and O–H groups in total. The topological polar surface area (TPSA) is 0 Å². The van der Waals surface area contributed by atoms with Gasteiger partial charge in [-0.2, -0.15) is 0 Å².